The van der Waals surface area contributed by atoms with E-state index in [0.717, 1.165) is 5.56 Å². The number of rotatable bonds is 3. The Labute approximate surface area is 150 Å². The van der Waals surface area contributed by atoms with Crippen molar-refractivity contribution in [3.05, 3.63) is 65.0 Å². The molecule has 134 valence electrons. The van der Waals surface area contributed by atoms with E-state index in [2.05, 4.69) is 5.10 Å². The molecule has 0 atom stereocenters. The Kier molecular flexibility index (Phi) is 4.47. The van der Waals surface area contributed by atoms with E-state index in [1.807, 2.05) is 0 Å². The molecule has 8 heteroatoms. The Hall–Kier alpha value is -2.84. The van der Waals surface area contributed by atoms with Crippen LogP contribution in [0.1, 0.15) is 18.1 Å². The van der Waals surface area contributed by atoms with Crippen molar-refractivity contribution < 1.29 is 17.6 Å². The molecule has 1 aliphatic rings. The molecule has 1 heterocycles. The van der Waals surface area contributed by atoms with Crippen molar-refractivity contribution in [2.75, 3.05) is 5.01 Å². The van der Waals surface area contributed by atoms with E-state index in [4.69, 9.17) is 5.14 Å². The number of halogens is 1. The molecular weight excluding hydrogens is 357 g/mol. The van der Waals surface area contributed by atoms with Gasteiger partial charge in [0, 0.05) is 0 Å². The first-order valence-corrected chi connectivity index (χ1v) is 9.22. The third-order valence-electron chi connectivity index (χ3n) is 4.00. The maximum atomic E-state index is 13.2. The summed E-state index contributed by atoms with van der Waals surface area (Å²) >= 11 is 0. The Bertz CT molecular complexity index is 1060. The van der Waals surface area contributed by atoms with Gasteiger partial charge in [-0.05, 0) is 67.4 Å². The molecule has 2 aromatic carbocycles. The third kappa shape index (κ3) is 3.42. The lowest BCUT2D eigenvalue weighted by Gasteiger charge is -2.12. The zero-order chi connectivity index (χ0) is 19.1. The molecule has 0 aliphatic carbocycles. The predicted octanol–water partition coefficient (Wildman–Crippen LogP) is 2.59. The molecule has 0 unspecified atom stereocenters. The average molecular weight is 373 g/mol. The highest BCUT2D eigenvalue weighted by Crippen LogP contribution is 2.26. The van der Waals surface area contributed by atoms with Crippen molar-refractivity contribution in [1.29, 1.82) is 0 Å². The standard InChI is InChI=1S/C18H16FN3O3S/c1-11-9-14(19)4-3-13(11)10-17-12(2)21-22(18(17)23)15-5-7-16(8-6-15)26(20,24)25/h3-10H,1-2H3,(H2,20,24,25)/b17-10-. The van der Waals surface area contributed by atoms with Gasteiger partial charge in [0.05, 0.1) is 21.9 Å². The lowest BCUT2D eigenvalue weighted by Crippen LogP contribution is -2.21. The van der Waals surface area contributed by atoms with Crippen LogP contribution >= 0.6 is 0 Å². The largest absolute Gasteiger partial charge is 0.280 e. The zero-order valence-electron chi connectivity index (χ0n) is 14.1. The summed E-state index contributed by atoms with van der Waals surface area (Å²) in [6.45, 7) is 3.45. The Balaban J connectivity index is 1.94. The normalized spacial score (nSPS) is 16.3. The molecule has 6 nitrogen and oxygen atoms in total. The van der Waals surface area contributed by atoms with Gasteiger partial charge in [-0.3, -0.25) is 4.79 Å². The Morgan fingerprint density at radius 1 is 1.12 bits per heavy atom. The molecular formula is C18H16FN3O3S. The quantitative estimate of drug-likeness (QED) is 0.838. The van der Waals surface area contributed by atoms with Crippen molar-refractivity contribution in [2.45, 2.75) is 18.7 Å². The first-order valence-electron chi connectivity index (χ1n) is 7.67. The number of aryl methyl sites for hydroxylation is 1. The molecule has 2 N–H and O–H groups in total. The maximum absolute atomic E-state index is 13.2. The minimum atomic E-state index is -3.81. The Morgan fingerprint density at radius 2 is 1.77 bits per heavy atom. The van der Waals surface area contributed by atoms with Gasteiger partial charge in [-0.1, -0.05) is 6.07 Å². The molecule has 0 saturated carbocycles. The summed E-state index contributed by atoms with van der Waals surface area (Å²) in [7, 11) is -3.81. The number of hydrazone groups is 1. The second-order valence-electron chi connectivity index (χ2n) is 5.90. The Morgan fingerprint density at radius 3 is 2.35 bits per heavy atom. The summed E-state index contributed by atoms with van der Waals surface area (Å²) in [5.41, 5.74) is 2.73. The van der Waals surface area contributed by atoms with E-state index in [9.17, 15) is 17.6 Å². The minimum Gasteiger partial charge on any atom is -0.267 e. The fourth-order valence-corrected chi connectivity index (χ4v) is 3.11. The number of hydrogen-bond acceptors (Lipinski definition) is 4. The number of sulfonamides is 1. The molecule has 0 spiro atoms. The number of nitrogens with zero attached hydrogens (tertiary/aromatic N) is 2. The molecule has 3 rings (SSSR count). The van der Waals surface area contributed by atoms with Gasteiger partial charge in [0.25, 0.3) is 5.91 Å². The molecule has 0 fully saturated rings. The summed E-state index contributed by atoms with van der Waals surface area (Å²) in [4.78, 5) is 12.7. The van der Waals surface area contributed by atoms with Crippen LogP contribution in [0.2, 0.25) is 0 Å². The van der Waals surface area contributed by atoms with Crippen LogP contribution in [0.4, 0.5) is 10.1 Å². The smallest absolute Gasteiger partial charge is 0.267 e. The van der Waals surface area contributed by atoms with Gasteiger partial charge in [-0.25, -0.2) is 17.9 Å². The van der Waals surface area contributed by atoms with Crippen molar-refractivity contribution in [3.63, 3.8) is 0 Å². The SMILES string of the molecule is CC1=NN(c2ccc(S(N)(=O)=O)cc2)C(=O)/C1=C\c1ccc(F)cc1C. The van der Waals surface area contributed by atoms with Crippen molar-refractivity contribution in [3.8, 4) is 0 Å². The van der Waals surface area contributed by atoms with E-state index in [-0.39, 0.29) is 16.6 Å². The van der Waals surface area contributed by atoms with E-state index < -0.39 is 10.0 Å². The summed E-state index contributed by atoms with van der Waals surface area (Å²) in [6, 6.07) is 9.86. The first-order chi connectivity index (χ1) is 12.2. The number of hydrogen-bond donors (Lipinski definition) is 1. The van der Waals surface area contributed by atoms with Crippen LogP contribution in [-0.4, -0.2) is 20.0 Å². The lowest BCUT2D eigenvalue weighted by molar-refractivity contribution is -0.114. The lowest BCUT2D eigenvalue weighted by atomic mass is 10.0. The first kappa shape index (κ1) is 18.0. The van der Waals surface area contributed by atoms with Crippen molar-refractivity contribution in [2.24, 2.45) is 10.2 Å². The zero-order valence-corrected chi connectivity index (χ0v) is 14.9. The molecule has 0 radical (unpaired) electrons. The maximum Gasteiger partial charge on any atom is 0.280 e. The number of carbonyl (C=O) groups excluding carboxylic acids is 1. The molecule has 2 aromatic rings. The highest BCUT2D eigenvalue weighted by molar-refractivity contribution is 7.89. The summed E-state index contributed by atoms with van der Waals surface area (Å²) in [5.74, 6) is -0.695. The van der Waals surface area contributed by atoms with Crippen LogP contribution in [0.25, 0.3) is 6.08 Å². The number of nitrogens with two attached hydrogens (primary N) is 1. The van der Waals surface area contributed by atoms with Gasteiger partial charge in [-0.2, -0.15) is 10.1 Å². The highest BCUT2D eigenvalue weighted by atomic mass is 32.2. The predicted molar refractivity (Wildman–Crippen MR) is 97.5 cm³/mol. The minimum absolute atomic E-state index is 0.0497. The molecule has 0 aromatic heterocycles. The van der Waals surface area contributed by atoms with Crippen LogP contribution in [0.15, 0.2) is 58.0 Å². The van der Waals surface area contributed by atoms with Crippen molar-refractivity contribution >= 4 is 33.4 Å². The number of carbonyl (C=O) groups is 1. The fraction of sp³-hybridized carbons (Fsp3) is 0.111. The van der Waals surface area contributed by atoms with Crippen LogP contribution in [0.3, 0.4) is 0 Å². The van der Waals surface area contributed by atoms with E-state index in [1.165, 1.54) is 41.4 Å². The van der Waals surface area contributed by atoms with Gasteiger partial charge in [0.2, 0.25) is 10.0 Å². The monoisotopic (exact) mass is 373 g/mol. The van der Waals surface area contributed by atoms with Gasteiger partial charge >= 0.3 is 0 Å². The molecule has 1 amide bonds. The van der Waals surface area contributed by atoms with Crippen LogP contribution < -0.4 is 10.1 Å². The molecule has 26 heavy (non-hydrogen) atoms. The second kappa shape index (κ2) is 6.47. The number of anilines is 1. The highest BCUT2D eigenvalue weighted by Gasteiger charge is 2.29. The molecule has 0 saturated heterocycles. The summed E-state index contributed by atoms with van der Waals surface area (Å²) in [6.07, 6.45) is 1.66. The summed E-state index contributed by atoms with van der Waals surface area (Å²) in [5, 5.41) is 10.5. The number of amides is 1. The second-order valence-corrected chi connectivity index (χ2v) is 7.46. The van der Waals surface area contributed by atoms with E-state index in [1.54, 1.807) is 26.0 Å². The number of primary sulfonamides is 1. The molecule has 0 bridgehead atoms. The number of benzene rings is 2. The van der Waals surface area contributed by atoms with Crippen LogP contribution in [-0.2, 0) is 14.8 Å². The fourth-order valence-electron chi connectivity index (χ4n) is 2.59. The van der Waals surface area contributed by atoms with E-state index >= 15 is 0 Å². The van der Waals surface area contributed by atoms with Gasteiger partial charge < -0.3 is 0 Å². The van der Waals surface area contributed by atoms with Crippen LogP contribution in [0.5, 0.6) is 0 Å². The van der Waals surface area contributed by atoms with Crippen LogP contribution in [0, 0.1) is 12.7 Å². The van der Waals surface area contributed by atoms with Crippen molar-refractivity contribution in [1.82, 2.24) is 0 Å². The van der Waals surface area contributed by atoms with Gasteiger partial charge in [0.1, 0.15) is 5.82 Å². The van der Waals surface area contributed by atoms with E-state index in [0.29, 0.717) is 22.5 Å². The topological polar surface area (TPSA) is 92.8 Å². The van der Waals surface area contributed by atoms with Gasteiger partial charge in [-0.15, -0.1) is 0 Å². The average Bonchev–Trinajstić information content (AvgIpc) is 2.84. The molecule has 1 aliphatic heterocycles. The van der Waals surface area contributed by atoms with Gasteiger partial charge in [0.15, 0.2) is 0 Å². The third-order valence-corrected chi connectivity index (χ3v) is 4.93. The summed E-state index contributed by atoms with van der Waals surface area (Å²) < 4.78 is 35.9.